The molecule has 5 nitrogen and oxygen atoms in total. The van der Waals surface area contributed by atoms with Gasteiger partial charge in [-0.1, -0.05) is 39.5 Å². The van der Waals surface area contributed by atoms with Crippen LogP contribution >= 0.6 is 0 Å². The molecular weight excluding hydrogens is 266 g/mol. The molecule has 0 atom stereocenters. The molecule has 0 saturated heterocycles. The van der Waals surface area contributed by atoms with E-state index in [1.54, 1.807) is 13.2 Å². The smallest absolute Gasteiger partial charge is 0.251 e. The van der Waals surface area contributed by atoms with Crippen molar-refractivity contribution in [2.24, 2.45) is 0 Å². The maximum absolute atomic E-state index is 12.0. The lowest BCUT2D eigenvalue weighted by Gasteiger charge is -2.30. The molecule has 1 aliphatic rings. The minimum Gasteiger partial charge on any atom is -0.370 e. The monoisotopic (exact) mass is 293 g/mol. The van der Waals surface area contributed by atoms with E-state index in [9.17, 15) is 4.79 Å². The lowest BCUT2D eigenvalue weighted by Crippen LogP contribution is -2.34. The van der Waals surface area contributed by atoms with Crippen LogP contribution in [0.25, 0.3) is 0 Å². The van der Waals surface area contributed by atoms with Gasteiger partial charge in [-0.3, -0.25) is 4.79 Å². The summed E-state index contributed by atoms with van der Waals surface area (Å²) in [6.07, 6.45) is 6.53. The first-order valence-electron chi connectivity index (χ1n) is 7.95. The van der Waals surface area contributed by atoms with Crippen LogP contribution in [0.3, 0.4) is 0 Å². The first-order valence-corrected chi connectivity index (χ1v) is 7.95. The zero-order chi connectivity index (χ0) is 15.3. The average Bonchev–Trinajstić information content (AvgIpc) is 2.71. The molecule has 0 radical (unpaired) electrons. The summed E-state index contributed by atoms with van der Waals surface area (Å²) in [5.74, 6) is 0.694. The van der Waals surface area contributed by atoms with Crippen molar-refractivity contribution in [3.63, 3.8) is 0 Å². The Bertz CT molecular complexity index is 502. The summed E-state index contributed by atoms with van der Waals surface area (Å²) >= 11 is 0. The molecule has 1 fully saturated rings. The highest BCUT2D eigenvalue weighted by molar-refractivity contribution is 5.10. The molecule has 2 N–H and O–H groups in total. The minimum atomic E-state index is -0.427. The second-order valence-electron chi connectivity index (χ2n) is 6.23. The van der Waals surface area contributed by atoms with E-state index in [4.69, 9.17) is 4.74 Å². The number of nitrogens with zero attached hydrogens (tertiary/aromatic N) is 1. The fourth-order valence-electron chi connectivity index (χ4n) is 2.96. The number of hydrogen-bond donors (Lipinski definition) is 2. The van der Waals surface area contributed by atoms with Crippen molar-refractivity contribution < 1.29 is 4.74 Å². The fraction of sp³-hybridized carbons (Fsp3) is 0.750. The third kappa shape index (κ3) is 4.14. The lowest BCUT2D eigenvalue weighted by molar-refractivity contribution is -0.0355. The number of aromatic amines is 1. The number of rotatable bonds is 5. The van der Waals surface area contributed by atoms with Crippen LogP contribution in [-0.2, 0) is 16.9 Å². The van der Waals surface area contributed by atoms with Crippen molar-refractivity contribution in [3.8, 4) is 0 Å². The molecule has 1 aromatic heterocycles. The molecule has 21 heavy (non-hydrogen) atoms. The third-order valence-corrected chi connectivity index (χ3v) is 4.22. The van der Waals surface area contributed by atoms with E-state index >= 15 is 0 Å². The van der Waals surface area contributed by atoms with Gasteiger partial charge in [0.05, 0.1) is 5.69 Å². The second kappa shape index (κ2) is 7.18. The van der Waals surface area contributed by atoms with Crippen molar-refractivity contribution >= 4 is 0 Å². The van der Waals surface area contributed by atoms with E-state index in [-0.39, 0.29) is 5.56 Å². The zero-order valence-electron chi connectivity index (χ0n) is 13.4. The summed E-state index contributed by atoms with van der Waals surface area (Å²) in [6.45, 7) is 4.76. The molecule has 0 aliphatic heterocycles. The van der Waals surface area contributed by atoms with Crippen LogP contribution in [-0.4, -0.2) is 23.1 Å². The van der Waals surface area contributed by atoms with Crippen LogP contribution < -0.4 is 10.9 Å². The molecule has 1 saturated carbocycles. The van der Waals surface area contributed by atoms with E-state index in [1.165, 1.54) is 12.8 Å². The Balaban J connectivity index is 2.29. The van der Waals surface area contributed by atoms with Gasteiger partial charge in [0.2, 0.25) is 0 Å². The Labute approximate surface area is 126 Å². The number of methoxy groups -OCH3 is 1. The molecule has 1 aromatic rings. The molecular formula is C16H27N3O2. The van der Waals surface area contributed by atoms with Gasteiger partial charge in [-0.25, -0.2) is 4.98 Å². The van der Waals surface area contributed by atoms with Crippen LogP contribution in [0, 0.1) is 0 Å². The summed E-state index contributed by atoms with van der Waals surface area (Å²) in [6, 6.07) is 1.93. The largest absolute Gasteiger partial charge is 0.370 e. The van der Waals surface area contributed by atoms with Gasteiger partial charge in [-0.05, 0) is 12.8 Å². The van der Waals surface area contributed by atoms with E-state index in [1.807, 2.05) is 0 Å². The highest BCUT2D eigenvalue weighted by atomic mass is 16.5. The van der Waals surface area contributed by atoms with Gasteiger partial charge in [0.25, 0.3) is 5.56 Å². The highest BCUT2D eigenvalue weighted by Gasteiger charge is 2.35. The normalized spacial score (nSPS) is 18.7. The van der Waals surface area contributed by atoms with Gasteiger partial charge < -0.3 is 15.0 Å². The van der Waals surface area contributed by atoms with Crippen molar-refractivity contribution in [2.45, 2.75) is 70.6 Å². The van der Waals surface area contributed by atoms with Crippen LogP contribution in [0.5, 0.6) is 0 Å². The summed E-state index contributed by atoms with van der Waals surface area (Å²) < 4.78 is 5.83. The molecule has 1 heterocycles. The molecule has 0 bridgehead atoms. The number of hydrogen-bond acceptors (Lipinski definition) is 4. The quantitative estimate of drug-likeness (QED) is 0.818. The molecule has 0 aromatic carbocycles. The summed E-state index contributed by atoms with van der Waals surface area (Å²) in [5, 5.41) is 3.31. The predicted molar refractivity (Wildman–Crippen MR) is 83.2 cm³/mol. The van der Waals surface area contributed by atoms with Gasteiger partial charge in [0.15, 0.2) is 0 Å². The molecule has 5 heteroatoms. The predicted octanol–water partition coefficient (Wildman–Crippen LogP) is 2.46. The highest BCUT2D eigenvalue weighted by Crippen LogP contribution is 2.36. The van der Waals surface area contributed by atoms with Gasteiger partial charge in [-0.15, -0.1) is 0 Å². The summed E-state index contributed by atoms with van der Waals surface area (Å²) in [4.78, 5) is 19.5. The second-order valence-corrected chi connectivity index (χ2v) is 6.23. The van der Waals surface area contributed by atoms with Crippen LogP contribution in [0.2, 0.25) is 0 Å². The molecule has 1 aliphatic carbocycles. The van der Waals surface area contributed by atoms with Crippen molar-refractivity contribution in [1.82, 2.24) is 15.3 Å². The average molecular weight is 293 g/mol. The number of ether oxygens (including phenoxy) is 1. The van der Waals surface area contributed by atoms with E-state index in [2.05, 4.69) is 29.1 Å². The van der Waals surface area contributed by atoms with Crippen molar-refractivity contribution in [2.75, 3.05) is 7.11 Å². The van der Waals surface area contributed by atoms with Crippen molar-refractivity contribution in [1.29, 1.82) is 0 Å². The Morgan fingerprint density at radius 3 is 2.57 bits per heavy atom. The summed E-state index contributed by atoms with van der Waals surface area (Å²) in [5.41, 5.74) is 0.258. The maximum atomic E-state index is 12.0. The molecule has 118 valence electrons. The first kappa shape index (κ1) is 16.2. The Hall–Kier alpha value is -1.20. The maximum Gasteiger partial charge on any atom is 0.251 e. The van der Waals surface area contributed by atoms with E-state index in [0.29, 0.717) is 18.4 Å². The van der Waals surface area contributed by atoms with Gasteiger partial charge in [0.1, 0.15) is 11.4 Å². The molecule has 0 spiro atoms. The molecule has 0 amide bonds. The molecule has 2 rings (SSSR count). The topological polar surface area (TPSA) is 67.0 Å². The minimum absolute atomic E-state index is 0.0961. The van der Waals surface area contributed by atoms with Gasteiger partial charge in [-0.2, -0.15) is 0 Å². The number of H-pyrrole nitrogens is 1. The Kier molecular flexibility index (Phi) is 5.53. The Morgan fingerprint density at radius 1 is 1.33 bits per heavy atom. The van der Waals surface area contributed by atoms with Gasteiger partial charge >= 0.3 is 0 Å². The third-order valence-electron chi connectivity index (χ3n) is 4.22. The molecule has 0 unspecified atom stereocenters. The van der Waals surface area contributed by atoms with E-state index < -0.39 is 5.60 Å². The van der Waals surface area contributed by atoms with Crippen LogP contribution in [0.4, 0.5) is 0 Å². The Morgan fingerprint density at radius 2 is 2.00 bits per heavy atom. The number of aromatic nitrogens is 2. The van der Waals surface area contributed by atoms with Crippen LogP contribution in [0.1, 0.15) is 63.9 Å². The zero-order valence-corrected chi connectivity index (χ0v) is 13.4. The SMILES string of the molecule is COC1(c2nc(CNC(C)C)cc(=O)[nH]2)CCCCCC1. The fourth-order valence-corrected chi connectivity index (χ4v) is 2.96. The van der Waals surface area contributed by atoms with Crippen molar-refractivity contribution in [3.05, 3.63) is 27.9 Å². The van der Waals surface area contributed by atoms with Gasteiger partial charge in [0, 0.05) is 25.8 Å². The standard InChI is InChI=1S/C16H27N3O2/c1-12(2)17-11-13-10-14(20)19-15(18-13)16(21-3)8-6-4-5-7-9-16/h10,12,17H,4-9,11H2,1-3H3,(H,18,19,20). The first-order chi connectivity index (χ1) is 10.1. The van der Waals surface area contributed by atoms with Crippen LogP contribution in [0.15, 0.2) is 10.9 Å². The number of nitrogens with one attached hydrogen (secondary N) is 2. The summed E-state index contributed by atoms with van der Waals surface area (Å²) in [7, 11) is 1.73. The lowest BCUT2D eigenvalue weighted by atomic mass is 9.93. The van der Waals surface area contributed by atoms with E-state index in [0.717, 1.165) is 31.4 Å².